The second-order valence-corrected chi connectivity index (χ2v) is 5.66. The van der Waals surface area contributed by atoms with Crippen LogP contribution >= 0.6 is 11.6 Å². The largest absolute Gasteiger partial charge is 0.460 e. The van der Waals surface area contributed by atoms with E-state index in [4.69, 9.17) is 44.8 Å². The van der Waals surface area contributed by atoms with Crippen LogP contribution in [0.25, 0.3) is 0 Å². The summed E-state index contributed by atoms with van der Waals surface area (Å²) in [6.07, 6.45) is 0. The Morgan fingerprint density at radius 3 is 1.22 bits per heavy atom. The van der Waals surface area contributed by atoms with Gasteiger partial charge in [-0.05, 0) is 6.92 Å². The molecular weight excluding hydrogens is 380 g/mol. The molecule has 27 heavy (non-hydrogen) atoms. The van der Waals surface area contributed by atoms with Gasteiger partial charge in [-0.2, -0.15) is 0 Å². The van der Waals surface area contributed by atoms with Crippen molar-refractivity contribution in [3.63, 3.8) is 0 Å². The Balaban J connectivity index is 3.05. The van der Waals surface area contributed by atoms with Crippen molar-refractivity contribution in [2.24, 2.45) is 0 Å². The molecule has 0 amide bonds. The molecule has 8 nitrogen and oxygen atoms in total. The predicted octanol–water partition coefficient (Wildman–Crippen LogP) is 1.44. The fourth-order valence-electron chi connectivity index (χ4n) is 1.57. The van der Waals surface area contributed by atoms with Crippen molar-refractivity contribution in [1.29, 1.82) is 0 Å². The van der Waals surface area contributed by atoms with Crippen LogP contribution in [-0.4, -0.2) is 97.7 Å². The fraction of sp³-hybridized carbons (Fsp3) is 0.833. The van der Waals surface area contributed by atoms with Crippen LogP contribution in [0.5, 0.6) is 0 Å². The van der Waals surface area contributed by atoms with Crippen LogP contribution in [0.3, 0.4) is 0 Å². The molecule has 0 N–H and O–H groups in total. The van der Waals surface area contributed by atoms with Crippen molar-refractivity contribution in [2.75, 3.05) is 91.8 Å². The molecule has 0 aromatic carbocycles. The summed E-state index contributed by atoms with van der Waals surface area (Å²) in [5.41, 5.74) is 0.376. The lowest BCUT2D eigenvalue weighted by Gasteiger charge is -2.08. The quantitative estimate of drug-likeness (QED) is 0.121. The van der Waals surface area contributed by atoms with Crippen molar-refractivity contribution < 1.29 is 38.0 Å². The van der Waals surface area contributed by atoms with Gasteiger partial charge in [0.15, 0.2) is 0 Å². The zero-order chi connectivity index (χ0) is 20.0. The van der Waals surface area contributed by atoms with E-state index < -0.39 is 5.97 Å². The van der Waals surface area contributed by atoms with Crippen LogP contribution in [0.1, 0.15) is 6.92 Å². The highest BCUT2D eigenvalue weighted by Crippen LogP contribution is 1.91. The third-order valence-electron chi connectivity index (χ3n) is 2.89. The number of esters is 1. The molecule has 0 spiro atoms. The molecule has 0 radical (unpaired) electrons. The number of carbonyl (C=O) groups excluding carboxylic acids is 1. The Hall–Kier alpha value is -0.740. The van der Waals surface area contributed by atoms with Gasteiger partial charge in [-0.25, -0.2) is 4.79 Å². The summed E-state index contributed by atoms with van der Waals surface area (Å²) >= 11 is 5.47. The number of halogens is 1. The van der Waals surface area contributed by atoms with Gasteiger partial charge in [0.05, 0.1) is 79.3 Å². The lowest BCUT2D eigenvalue weighted by atomic mass is 10.4. The minimum atomic E-state index is -0.406. The van der Waals surface area contributed by atoms with Gasteiger partial charge in [-0.15, -0.1) is 11.6 Å². The van der Waals surface area contributed by atoms with Crippen molar-refractivity contribution in [2.45, 2.75) is 6.92 Å². The molecular formula is C18H33ClO8. The molecule has 0 aliphatic carbocycles. The van der Waals surface area contributed by atoms with Gasteiger partial charge >= 0.3 is 5.97 Å². The summed E-state index contributed by atoms with van der Waals surface area (Å²) in [5, 5.41) is 0. The Morgan fingerprint density at radius 1 is 0.630 bits per heavy atom. The molecule has 0 bridgehead atoms. The van der Waals surface area contributed by atoms with Gasteiger partial charge in [0, 0.05) is 11.5 Å². The average Bonchev–Trinajstić information content (AvgIpc) is 2.66. The van der Waals surface area contributed by atoms with Crippen LogP contribution in [0.2, 0.25) is 0 Å². The maximum absolute atomic E-state index is 11.1. The van der Waals surface area contributed by atoms with Gasteiger partial charge in [0.1, 0.15) is 6.61 Å². The second kappa shape index (κ2) is 21.6. The Kier molecular flexibility index (Phi) is 21.0. The molecule has 0 aromatic rings. The van der Waals surface area contributed by atoms with Crippen molar-refractivity contribution in [3.05, 3.63) is 12.2 Å². The lowest BCUT2D eigenvalue weighted by molar-refractivity contribution is -0.140. The first kappa shape index (κ1) is 26.3. The van der Waals surface area contributed by atoms with Crippen LogP contribution in [0.15, 0.2) is 12.2 Å². The normalized spacial score (nSPS) is 10.9. The lowest BCUT2D eigenvalue weighted by Crippen LogP contribution is -2.15. The maximum atomic E-state index is 11.1. The van der Waals surface area contributed by atoms with Crippen molar-refractivity contribution in [1.82, 2.24) is 0 Å². The maximum Gasteiger partial charge on any atom is 0.333 e. The molecule has 0 atom stereocenters. The van der Waals surface area contributed by atoms with Gasteiger partial charge in [-0.1, -0.05) is 6.58 Å². The van der Waals surface area contributed by atoms with E-state index in [-0.39, 0.29) is 6.61 Å². The monoisotopic (exact) mass is 412 g/mol. The molecule has 0 fully saturated rings. The third-order valence-corrected chi connectivity index (χ3v) is 3.05. The topological polar surface area (TPSA) is 81.7 Å². The summed E-state index contributed by atoms with van der Waals surface area (Å²) < 4.78 is 36.7. The van der Waals surface area contributed by atoms with Crippen LogP contribution in [0, 0.1) is 0 Å². The van der Waals surface area contributed by atoms with Crippen molar-refractivity contribution >= 4 is 17.6 Å². The van der Waals surface area contributed by atoms with E-state index in [0.717, 1.165) is 0 Å². The Labute approximate surface area is 167 Å². The molecule has 0 aromatic heterocycles. The molecule has 0 saturated carbocycles. The third kappa shape index (κ3) is 21.4. The highest BCUT2D eigenvalue weighted by atomic mass is 35.5. The Bertz CT molecular complexity index is 354. The van der Waals surface area contributed by atoms with Crippen LogP contribution in [0.4, 0.5) is 0 Å². The van der Waals surface area contributed by atoms with Crippen LogP contribution in [-0.2, 0) is 38.0 Å². The van der Waals surface area contributed by atoms with Gasteiger partial charge in [-0.3, -0.25) is 0 Å². The molecule has 0 aliphatic rings. The molecule has 0 unspecified atom stereocenters. The van der Waals surface area contributed by atoms with E-state index in [1.54, 1.807) is 6.92 Å². The standard InChI is InChI=1S/C18H33ClO8/c1-17(2)18(20)27-16-15-26-14-13-25-12-11-24-10-9-23-8-7-22-6-5-21-4-3-19/h1,3-16H2,2H3. The zero-order valence-electron chi connectivity index (χ0n) is 16.3. The van der Waals surface area contributed by atoms with Crippen LogP contribution < -0.4 is 0 Å². The second-order valence-electron chi connectivity index (χ2n) is 5.28. The molecule has 9 heteroatoms. The fourth-order valence-corrected chi connectivity index (χ4v) is 1.68. The number of carbonyl (C=O) groups is 1. The molecule has 0 heterocycles. The Morgan fingerprint density at radius 2 is 0.926 bits per heavy atom. The number of hydrogen-bond acceptors (Lipinski definition) is 8. The molecule has 0 aliphatic heterocycles. The summed E-state index contributed by atoms with van der Waals surface area (Å²) in [5.74, 6) is 0.0904. The molecule has 0 rings (SSSR count). The summed E-state index contributed by atoms with van der Waals surface area (Å²) in [4.78, 5) is 11.1. The number of alkyl halides is 1. The highest BCUT2D eigenvalue weighted by Gasteiger charge is 2.01. The van der Waals surface area contributed by atoms with Crippen molar-refractivity contribution in [3.8, 4) is 0 Å². The first-order chi connectivity index (χ1) is 13.2. The van der Waals surface area contributed by atoms with E-state index >= 15 is 0 Å². The smallest absolute Gasteiger partial charge is 0.333 e. The van der Waals surface area contributed by atoms with E-state index in [0.29, 0.717) is 90.7 Å². The SMILES string of the molecule is C=C(C)C(=O)OCCOCCOCCOCCOCCOCCOCCCl. The minimum absolute atomic E-state index is 0.210. The molecule has 160 valence electrons. The van der Waals surface area contributed by atoms with E-state index in [9.17, 15) is 4.79 Å². The van der Waals surface area contributed by atoms with Gasteiger partial charge < -0.3 is 33.2 Å². The summed E-state index contributed by atoms with van der Waals surface area (Å²) in [6.45, 7) is 11.2. The van der Waals surface area contributed by atoms with E-state index in [1.165, 1.54) is 0 Å². The highest BCUT2D eigenvalue weighted by molar-refractivity contribution is 6.17. The summed E-state index contributed by atoms with van der Waals surface area (Å²) in [6, 6.07) is 0. The zero-order valence-corrected chi connectivity index (χ0v) is 17.0. The number of rotatable bonds is 21. The first-order valence-electron chi connectivity index (χ1n) is 9.03. The number of hydrogen-bond donors (Lipinski definition) is 0. The van der Waals surface area contributed by atoms with E-state index in [1.807, 2.05) is 0 Å². The average molecular weight is 413 g/mol. The molecule has 0 saturated heterocycles. The number of ether oxygens (including phenoxy) is 7. The first-order valence-corrected chi connectivity index (χ1v) is 9.57. The summed E-state index contributed by atoms with van der Waals surface area (Å²) in [7, 11) is 0. The minimum Gasteiger partial charge on any atom is -0.460 e. The van der Waals surface area contributed by atoms with Gasteiger partial charge in [0.2, 0.25) is 0 Å². The van der Waals surface area contributed by atoms with Gasteiger partial charge in [0.25, 0.3) is 0 Å². The predicted molar refractivity (Wildman–Crippen MR) is 101 cm³/mol. The van der Waals surface area contributed by atoms with E-state index in [2.05, 4.69) is 6.58 Å².